The summed E-state index contributed by atoms with van der Waals surface area (Å²) in [6.07, 6.45) is 1.18. The number of methoxy groups -OCH3 is 1. The predicted octanol–water partition coefficient (Wildman–Crippen LogP) is 3.58. The van der Waals surface area contributed by atoms with Gasteiger partial charge in [0.15, 0.2) is 9.84 Å². The zero-order valence-corrected chi connectivity index (χ0v) is 14.1. The molecule has 4 nitrogen and oxygen atoms in total. The summed E-state index contributed by atoms with van der Waals surface area (Å²) in [5.41, 5.74) is 3.17. The lowest BCUT2D eigenvalue weighted by Crippen LogP contribution is -2.08. The molecule has 0 spiro atoms. The molecule has 1 unspecified atom stereocenters. The number of rotatable bonds is 5. The van der Waals surface area contributed by atoms with Crippen molar-refractivity contribution in [3.05, 3.63) is 53.6 Å². The number of sulfone groups is 1. The maximum atomic E-state index is 11.7. The predicted molar refractivity (Wildman–Crippen MR) is 89.3 cm³/mol. The number of benzene rings is 2. The van der Waals surface area contributed by atoms with E-state index in [9.17, 15) is 8.42 Å². The van der Waals surface area contributed by atoms with E-state index in [4.69, 9.17) is 4.74 Å². The minimum Gasteiger partial charge on any atom is -0.495 e. The van der Waals surface area contributed by atoms with Crippen molar-refractivity contribution in [2.75, 3.05) is 18.7 Å². The summed E-state index contributed by atoms with van der Waals surface area (Å²) in [7, 11) is -1.82. The molecule has 0 aromatic heterocycles. The average molecular weight is 319 g/mol. The molecule has 0 aliphatic rings. The fraction of sp³-hybridized carbons (Fsp3) is 0.294. The zero-order valence-electron chi connectivity index (χ0n) is 13.3. The Morgan fingerprint density at radius 3 is 2.45 bits per heavy atom. The van der Waals surface area contributed by atoms with Gasteiger partial charge in [-0.25, -0.2) is 8.42 Å². The van der Waals surface area contributed by atoms with Crippen molar-refractivity contribution in [2.24, 2.45) is 0 Å². The third kappa shape index (κ3) is 3.80. The van der Waals surface area contributed by atoms with Crippen LogP contribution in [0.3, 0.4) is 0 Å². The Morgan fingerprint density at radius 2 is 1.86 bits per heavy atom. The number of hydrogen-bond acceptors (Lipinski definition) is 4. The van der Waals surface area contributed by atoms with Crippen molar-refractivity contribution in [3.8, 4) is 5.75 Å². The van der Waals surface area contributed by atoms with Crippen LogP contribution < -0.4 is 10.1 Å². The monoisotopic (exact) mass is 319 g/mol. The van der Waals surface area contributed by atoms with E-state index in [1.807, 2.05) is 38.1 Å². The van der Waals surface area contributed by atoms with E-state index in [-0.39, 0.29) is 10.9 Å². The Morgan fingerprint density at radius 1 is 1.14 bits per heavy atom. The minimum atomic E-state index is -3.30. The van der Waals surface area contributed by atoms with E-state index in [0.717, 1.165) is 11.3 Å². The third-order valence-electron chi connectivity index (χ3n) is 3.49. The smallest absolute Gasteiger partial charge is 0.179 e. The maximum Gasteiger partial charge on any atom is 0.179 e. The van der Waals surface area contributed by atoms with Crippen molar-refractivity contribution < 1.29 is 13.2 Å². The molecule has 0 saturated carbocycles. The highest BCUT2D eigenvalue weighted by Gasteiger charge is 2.16. The molecule has 22 heavy (non-hydrogen) atoms. The Kier molecular flexibility index (Phi) is 4.76. The normalized spacial score (nSPS) is 12.7. The topological polar surface area (TPSA) is 55.4 Å². The number of anilines is 1. The van der Waals surface area contributed by atoms with Gasteiger partial charge < -0.3 is 10.1 Å². The van der Waals surface area contributed by atoms with Gasteiger partial charge in [-0.05, 0) is 49.2 Å². The maximum absolute atomic E-state index is 11.7. The molecule has 0 radical (unpaired) electrons. The second-order valence-corrected chi connectivity index (χ2v) is 7.40. The quantitative estimate of drug-likeness (QED) is 0.915. The summed E-state index contributed by atoms with van der Waals surface area (Å²) in [5.74, 6) is 0.373. The van der Waals surface area contributed by atoms with Gasteiger partial charge in [0, 0.05) is 18.0 Å². The fourth-order valence-electron chi connectivity index (χ4n) is 2.33. The van der Waals surface area contributed by atoms with E-state index in [0.29, 0.717) is 5.75 Å². The van der Waals surface area contributed by atoms with E-state index in [2.05, 4.69) is 11.4 Å². The van der Waals surface area contributed by atoms with Crippen LogP contribution in [0, 0.1) is 6.92 Å². The molecule has 0 saturated heterocycles. The molecule has 1 atom stereocenters. The lowest BCUT2D eigenvalue weighted by Gasteiger charge is -2.18. The molecular weight excluding hydrogens is 298 g/mol. The highest BCUT2D eigenvalue weighted by molar-refractivity contribution is 7.90. The van der Waals surface area contributed by atoms with Gasteiger partial charge in [0.1, 0.15) is 10.6 Å². The minimum absolute atomic E-state index is 0.0318. The Hall–Kier alpha value is -2.01. The molecule has 1 N–H and O–H groups in total. The molecule has 2 aromatic carbocycles. The number of hydrogen-bond donors (Lipinski definition) is 1. The van der Waals surface area contributed by atoms with Crippen LogP contribution in [0.5, 0.6) is 5.75 Å². The van der Waals surface area contributed by atoms with Crippen LogP contribution in [-0.2, 0) is 9.84 Å². The molecule has 0 fully saturated rings. The first-order valence-electron chi connectivity index (χ1n) is 7.02. The van der Waals surface area contributed by atoms with Crippen LogP contribution in [0.15, 0.2) is 47.4 Å². The lowest BCUT2D eigenvalue weighted by molar-refractivity contribution is 0.402. The molecule has 5 heteroatoms. The van der Waals surface area contributed by atoms with E-state index in [1.54, 1.807) is 12.1 Å². The second-order valence-electron chi connectivity index (χ2n) is 5.42. The largest absolute Gasteiger partial charge is 0.495 e. The molecule has 0 amide bonds. The lowest BCUT2D eigenvalue weighted by atomic mass is 10.1. The molecule has 0 aliphatic heterocycles. The standard InChI is InChI=1S/C17H21NO3S/c1-12-6-5-7-15(10-12)18-13(2)14-8-9-17(22(4,19)20)16(11-14)21-3/h5-11,13,18H,1-4H3. The van der Waals surface area contributed by atoms with Gasteiger partial charge >= 0.3 is 0 Å². The highest BCUT2D eigenvalue weighted by Crippen LogP contribution is 2.29. The van der Waals surface area contributed by atoms with E-state index < -0.39 is 9.84 Å². The van der Waals surface area contributed by atoms with Crippen molar-refractivity contribution >= 4 is 15.5 Å². The average Bonchev–Trinajstić information content (AvgIpc) is 2.45. The molecule has 118 valence electrons. The van der Waals surface area contributed by atoms with Gasteiger partial charge in [-0.15, -0.1) is 0 Å². The summed E-state index contributed by atoms with van der Waals surface area (Å²) in [6.45, 7) is 4.07. The Labute approximate surface area is 132 Å². The van der Waals surface area contributed by atoms with Crippen molar-refractivity contribution in [3.63, 3.8) is 0 Å². The zero-order chi connectivity index (χ0) is 16.3. The van der Waals surface area contributed by atoms with Gasteiger partial charge in [-0.1, -0.05) is 18.2 Å². The molecule has 0 heterocycles. The van der Waals surface area contributed by atoms with Gasteiger partial charge in [-0.2, -0.15) is 0 Å². The fourth-order valence-corrected chi connectivity index (χ4v) is 3.15. The van der Waals surface area contributed by atoms with Crippen LogP contribution in [-0.4, -0.2) is 21.8 Å². The van der Waals surface area contributed by atoms with E-state index in [1.165, 1.54) is 18.9 Å². The first kappa shape index (κ1) is 16.4. The number of nitrogens with one attached hydrogen (secondary N) is 1. The van der Waals surface area contributed by atoms with Gasteiger partial charge in [-0.3, -0.25) is 0 Å². The highest BCUT2D eigenvalue weighted by atomic mass is 32.2. The Balaban J connectivity index is 2.29. The van der Waals surface area contributed by atoms with Gasteiger partial charge in [0.25, 0.3) is 0 Å². The SMILES string of the molecule is COc1cc(C(C)Nc2cccc(C)c2)ccc1S(C)(=O)=O. The third-order valence-corrected chi connectivity index (χ3v) is 4.62. The summed E-state index contributed by atoms with van der Waals surface area (Å²) >= 11 is 0. The Bertz CT molecular complexity index is 769. The second kappa shape index (κ2) is 6.40. The van der Waals surface area contributed by atoms with Crippen molar-refractivity contribution in [1.29, 1.82) is 0 Å². The van der Waals surface area contributed by atoms with E-state index >= 15 is 0 Å². The number of ether oxygens (including phenoxy) is 1. The summed E-state index contributed by atoms with van der Waals surface area (Å²) in [5, 5.41) is 3.40. The van der Waals surface area contributed by atoms with Crippen LogP contribution in [0.25, 0.3) is 0 Å². The van der Waals surface area contributed by atoms with Crippen LogP contribution in [0.2, 0.25) is 0 Å². The summed E-state index contributed by atoms with van der Waals surface area (Å²) in [6, 6.07) is 13.3. The van der Waals surface area contributed by atoms with Crippen LogP contribution >= 0.6 is 0 Å². The van der Waals surface area contributed by atoms with Gasteiger partial charge in [0.05, 0.1) is 7.11 Å². The molecule has 0 aliphatic carbocycles. The molecule has 0 bridgehead atoms. The summed E-state index contributed by atoms with van der Waals surface area (Å²) in [4.78, 5) is 0.210. The van der Waals surface area contributed by atoms with Crippen molar-refractivity contribution in [2.45, 2.75) is 24.8 Å². The first-order valence-corrected chi connectivity index (χ1v) is 8.91. The molecule has 2 aromatic rings. The molecule has 2 rings (SSSR count). The summed E-state index contributed by atoms with van der Waals surface area (Å²) < 4.78 is 28.7. The molecular formula is C17H21NO3S. The van der Waals surface area contributed by atoms with Crippen LogP contribution in [0.1, 0.15) is 24.1 Å². The van der Waals surface area contributed by atoms with Crippen LogP contribution in [0.4, 0.5) is 5.69 Å². The number of aryl methyl sites for hydroxylation is 1. The van der Waals surface area contributed by atoms with Gasteiger partial charge in [0.2, 0.25) is 0 Å². The first-order chi connectivity index (χ1) is 10.3. The van der Waals surface area contributed by atoms with Crippen molar-refractivity contribution in [1.82, 2.24) is 0 Å².